The number of hydrogen-bond donors (Lipinski definition) is 1. The summed E-state index contributed by atoms with van der Waals surface area (Å²) in [5.74, 6) is -0.567. The molecule has 0 radical (unpaired) electrons. The lowest BCUT2D eigenvalue weighted by molar-refractivity contribution is -0.137. The van der Waals surface area contributed by atoms with E-state index in [9.17, 15) is 17.6 Å². The topological polar surface area (TPSA) is 35.8 Å². The van der Waals surface area contributed by atoms with Crippen LogP contribution < -0.4 is 5.32 Å². The second-order valence-corrected chi connectivity index (χ2v) is 5.03. The largest absolute Gasteiger partial charge is 0.417 e. The predicted octanol–water partition coefficient (Wildman–Crippen LogP) is 5.22. The van der Waals surface area contributed by atoms with Gasteiger partial charge >= 0.3 is 6.18 Å². The van der Waals surface area contributed by atoms with Crippen LogP contribution in [0, 0.1) is 17.1 Å². The molecule has 0 spiro atoms. The Labute approximate surface area is 126 Å². The highest BCUT2D eigenvalue weighted by atomic mass is 79.9. The zero-order valence-corrected chi connectivity index (χ0v) is 11.9. The maximum absolute atomic E-state index is 13.6. The van der Waals surface area contributed by atoms with Crippen molar-refractivity contribution in [2.45, 2.75) is 6.18 Å². The number of benzene rings is 2. The number of rotatable bonds is 2. The lowest BCUT2D eigenvalue weighted by Crippen LogP contribution is -2.08. The molecule has 0 fully saturated rings. The van der Waals surface area contributed by atoms with Gasteiger partial charge in [-0.05, 0) is 36.4 Å². The third-order valence-electron chi connectivity index (χ3n) is 2.66. The third-order valence-corrected chi connectivity index (χ3v) is 3.15. The van der Waals surface area contributed by atoms with Crippen molar-refractivity contribution in [2.75, 3.05) is 5.32 Å². The van der Waals surface area contributed by atoms with E-state index in [1.807, 2.05) is 0 Å². The molecule has 0 aliphatic carbocycles. The smallest absolute Gasteiger partial charge is 0.353 e. The molecule has 7 heteroatoms. The van der Waals surface area contributed by atoms with Gasteiger partial charge in [0.2, 0.25) is 0 Å². The molecular weight excluding hydrogens is 352 g/mol. The first-order valence-corrected chi connectivity index (χ1v) is 6.44. The summed E-state index contributed by atoms with van der Waals surface area (Å²) in [6, 6.07) is 8.69. The zero-order chi connectivity index (χ0) is 15.6. The highest BCUT2D eigenvalue weighted by Crippen LogP contribution is 2.33. The number of nitrogens with zero attached hydrogens (tertiary/aromatic N) is 1. The monoisotopic (exact) mass is 358 g/mol. The molecule has 0 heterocycles. The van der Waals surface area contributed by atoms with Gasteiger partial charge < -0.3 is 5.32 Å². The van der Waals surface area contributed by atoms with Crippen molar-refractivity contribution in [3.63, 3.8) is 0 Å². The molecule has 108 valence electrons. The van der Waals surface area contributed by atoms with Gasteiger partial charge in [-0.2, -0.15) is 18.4 Å². The summed E-state index contributed by atoms with van der Waals surface area (Å²) >= 11 is 3.10. The van der Waals surface area contributed by atoms with Crippen molar-refractivity contribution in [1.29, 1.82) is 5.26 Å². The molecule has 2 rings (SSSR count). The zero-order valence-electron chi connectivity index (χ0n) is 10.3. The van der Waals surface area contributed by atoms with Gasteiger partial charge in [-0.1, -0.05) is 15.9 Å². The van der Waals surface area contributed by atoms with Gasteiger partial charge in [0.1, 0.15) is 5.82 Å². The van der Waals surface area contributed by atoms with Gasteiger partial charge in [-0.25, -0.2) is 4.39 Å². The van der Waals surface area contributed by atoms with Crippen molar-refractivity contribution in [2.24, 2.45) is 0 Å². The van der Waals surface area contributed by atoms with E-state index in [2.05, 4.69) is 21.2 Å². The fraction of sp³-hybridized carbons (Fsp3) is 0.0714. The van der Waals surface area contributed by atoms with Crippen molar-refractivity contribution in [3.8, 4) is 6.07 Å². The minimum Gasteiger partial charge on any atom is -0.353 e. The number of anilines is 2. The SMILES string of the molecule is N#Cc1cc(Nc2ccc(Br)cc2F)ccc1C(F)(F)F. The Morgan fingerprint density at radius 3 is 2.38 bits per heavy atom. The van der Waals surface area contributed by atoms with E-state index in [0.717, 1.165) is 18.2 Å². The number of nitrogens with one attached hydrogen (secondary N) is 1. The van der Waals surface area contributed by atoms with Crippen LogP contribution >= 0.6 is 15.9 Å². The molecule has 2 aromatic carbocycles. The van der Waals surface area contributed by atoms with Crippen LogP contribution in [-0.4, -0.2) is 0 Å². The third kappa shape index (κ3) is 3.52. The maximum atomic E-state index is 13.6. The Morgan fingerprint density at radius 2 is 1.81 bits per heavy atom. The molecule has 0 saturated carbocycles. The first-order valence-electron chi connectivity index (χ1n) is 5.64. The molecule has 2 aromatic rings. The molecule has 21 heavy (non-hydrogen) atoms. The van der Waals surface area contributed by atoms with E-state index in [0.29, 0.717) is 4.47 Å². The molecule has 0 aromatic heterocycles. The Morgan fingerprint density at radius 1 is 1.10 bits per heavy atom. The van der Waals surface area contributed by atoms with Crippen molar-refractivity contribution >= 4 is 27.3 Å². The summed E-state index contributed by atoms with van der Waals surface area (Å²) in [5.41, 5.74) is -1.25. The molecule has 0 saturated heterocycles. The van der Waals surface area contributed by atoms with E-state index in [1.165, 1.54) is 18.2 Å². The molecule has 1 N–H and O–H groups in total. The fourth-order valence-electron chi connectivity index (χ4n) is 1.71. The Balaban J connectivity index is 2.36. The van der Waals surface area contributed by atoms with Crippen LogP contribution in [0.15, 0.2) is 40.9 Å². The van der Waals surface area contributed by atoms with Crippen LogP contribution in [0.3, 0.4) is 0 Å². The van der Waals surface area contributed by atoms with Gasteiger partial charge in [0, 0.05) is 10.2 Å². The minimum atomic E-state index is -4.60. The highest BCUT2D eigenvalue weighted by molar-refractivity contribution is 9.10. The van der Waals surface area contributed by atoms with Crippen LogP contribution in [0.4, 0.5) is 28.9 Å². The quantitative estimate of drug-likeness (QED) is 0.746. The summed E-state index contributed by atoms with van der Waals surface area (Å²) in [7, 11) is 0. The van der Waals surface area contributed by atoms with E-state index in [1.54, 1.807) is 6.07 Å². The molecule has 0 aliphatic heterocycles. The van der Waals surface area contributed by atoms with Crippen molar-refractivity contribution < 1.29 is 17.6 Å². The Bertz CT molecular complexity index is 720. The van der Waals surface area contributed by atoms with Gasteiger partial charge in [-0.3, -0.25) is 0 Å². The van der Waals surface area contributed by atoms with Crippen molar-refractivity contribution in [1.82, 2.24) is 0 Å². The second kappa shape index (κ2) is 5.74. The summed E-state index contributed by atoms with van der Waals surface area (Å²) in [4.78, 5) is 0. The van der Waals surface area contributed by atoms with E-state index >= 15 is 0 Å². The van der Waals surface area contributed by atoms with E-state index in [-0.39, 0.29) is 11.4 Å². The second-order valence-electron chi connectivity index (χ2n) is 4.12. The molecule has 0 unspecified atom stereocenters. The normalized spacial score (nSPS) is 11.0. The van der Waals surface area contributed by atoms with Gasteiger partial charge in [0.05, 0.1) is 22.9 Å². The van der Waals surface area contributed by atoms with Crippen LogP contribution in [0.2, 0.25) is 0 Å². The Kier molecular flexibility index (Phi) is 4.19. The summed E-state index contributed by atoms with van der Waals surface area (Å²) < 4.78 is 52.2. The number of hydrogen-bond acceptors (Lipinski definition) is 2. The number of halogens is 5. The van der Waals surface area contributed by atoms with Crippen molar-refractivity contribution in [3.05, 3.63) is 57.8 Å². The van der Waals surface area contributed by atoms with Crippen LogP contribution in [0.25, 0.3) is 0 Å². The predicted molar refractivity (Wildman–Crippen MR) is 73.5 cm³/mol. The Hall–Kier alpha value is -2.07. The standard InChI is InChI=1S/C14H7BrF4N2/c15-9-1-4-13(12(16)6-9)21-10-2-3-11(14(17,18)19)8(5-10)7-20/h1-6,21H. The van der Waals surface area contributed by atoms with Gasteiger partial charge in [-0.15, -0.1) is 0 Å². The maximum Gasteiger partial charge on any atom is 0.417 e. The first-order chi connectivity index (χ1) is 9.81. The molecule has 0 bridgehead atoms. The van der Waals surface area contributed by atoms with Crippen LogP contribution in [-0.2, 0) is 6.18 Å². The number of nitriles is 1. The van der Waals surface area contributed by atoms with Gasteiger partial charge in [0.15, 0.2) is 0 Å². The van der Waals surface area contributed by atoms with E-state index < -0.39 is 23.1 Å². The summed E-state index contributed by atoms with van der Waals surface area (Å²) in [5, 5.41) is 11.4. The van der Waals surface area contributed by atoms with Crippen LogP contribution in [0.5, 0.6) is 0 Å². The van der Waals surface area contributed by atoms with E-state index in [4.69, 9.17) is 5.26 Å². The number of alkyl halides is 3. The fourth-order valence-corrected chi connectivity index (χ4v) is 2.04. The summed E-state index contributed by atoms with van der Waals surface area (Å²) in [6.07, 6.45) is -4.60. The molecule has 2 nitrogen and oxygen atoms in total. The molecular formula is C14H7BrF4N2. The molecule has 0 atom stereocenters. The van der Waals surface area contributed by atoms with Gasteiger partial charge in [0.25, 0.3) is 0 Å². The van der Waals surface area contributed by atoms with Crippen LogP contribution in [0.1, 0.15) is 11.1 Å². The summed E-state index contributed by atoms with van der Waals surface area (Å²) in [6.45, 7) is 0. The minimum absolute atomic E-state index is 0.0989. The first kappa shape index (κ1) is 15.3. The lowest BCUT2D eigenvalue weighted by Gasteiger charge is -2.12. The molecule has 0 aliphatic rings. The average Bonchev–Trinajstić information content (AvgIpc) is 2.40. The molecule has 0 amide bonds. The average molecular weight is 359 g/mol. The lowest BCUT2D eigenvalue weighted by atomic mass is 10.1. The highest BCUT2D eigenvalue weighted by Gasteiger charge is 2.33.